The second-order valence-electron chi connectivity index (χ2n) is 4.53. The summed E-state index contributed by atoms with van der Waals surface area (Å²) in [7, 11) is 0. The second-order valence-corrected chi connectivity index (χ2v) is 6.95. The lowest BCUT2D eigenvalue weighted by molar-refractivity contribution is -0.557. The molecule has 2 rings (SSSR count). The highest BCUT2D eigenvalue weighted by Crippen LogP contribution is 2.07. The first kappa shape index (κ1) is 13.3. The van der Waals surface area contributed by atoms with Gasteiger partial charge < -0.3 is 0 Å². The van der Waals surface area contributed by atoms with Crippen LogP contribution in [0.5, 0.6) is 0 Å². The maximum Gasteiger partial charge on any atom is 0.350 e. The number of benzene rings is 2. The minimum Gasteiger partial charge on any atom is -0.0622 e. The van der Waals surface area contributed by atoms with E-state index in [0.29, 0.717) is 0 Å². The molecule has 1 heteroatoms. The summed E-state index contributed by atoms with van der Waals surface area (Å²) in [4.78, 5) is 0. The molecule has 0 N–H and O–H groups in total. The standard InChI is InChI=1S/C17H18I/c1-13-11-14(2)17(15(3)12-13)18-10-9-16-7-5-4-6-8-16/h4-12H,1-3H3/q+1/b10-9+. The van der Waals surface area contributed by atoms with Gasteiger partial charge in [0.15, 0.2) is 7.65 Å². The Balaban J connectivity index is 2.14. The molecule has 0 fully saturated rings. The SMILES string of the molecule is Cc1cc(C)c([I+]/C=C/c2ccccc2)c(C)c1. The molecule has 0 spiro atoms. The average molecular weight is 349 g/mol. The van der Waals surface area contributed by atoms with E-state index in [1.54, 1.807) is 3.57 Å². The minimum atomic E-state index is -0.0358. The Labute approximate surface area is 120 Å². The average Bonchev–Trinajstić information content (AvgIpc) is 2.34. The molecule has 2 aromatic rings. The highest BCUT2D eigenvalue weighted by atomic mass is 127. The van der Waals surface area contributed by atoms with Gasteiger partial charge in [-0.25, -0.2) is 0 Å². The van der Waals surface area contributed by atoms with Crippen molar-refractivity contribution >= 4 is 6.08 Å². The summed E-state index contributed by atoms with van der Waals surface area (Å²) in [5.41, 5.74) is 5.54. The van der Waals surface area contributed by atoms with Crippen LogP contribution in [-0.4, -0.2) is 0 Å². The smallest absolute Gasteiger partial charge is 0.0622 e. The fourth-order valence-electron chi connectivity index (χ4n) is 2.07. The van der Waals surface area contributed by atoms with Crippen LogP contribution in [0.3, 0.4) is 0 Å². The maximum atomic E-state index is 2.36. The Morgan fingerprint density at radius 3 is 2.11 bits per heavy atom. The van der Waals surface area contributed by atoms with Gasteiger partial charge in [0.2, 0.25) is 0 Å². The van der Waals surface area contributed by atoms with E-state index in [0.717, 1.165) is 0 Å². The van der Waals surface area contributed by atoms with Gasteiger partial charge in [0, 0.05) is 11.1 Å². The molecule has 0 aromatic heterocycles. The summed E-state index contributed by atoms with van der Waals surface area (Å²) in [6.45, 7) is 6.62. The highest BCUT2D eigenvalue weighted by Gasteiger charge is 2.15. The Morgan fingerprint density at radius 1 is 0.889 bits per heavy atom. The van der Waals surface area contributed by atoms with Crippen LogP contribution in [0.1, 0.15) is 22.3 Å². The first-order valence-electron chi connectivity index (χ1n) is 6.09. The molecule has 2 aromatic carbocycles. The van der Waals surface area contributed by atoms with E-state index in [4.69, 9.17) is 0 Å². The van der Waals surface area contributed by atoms with Gasteiger partial charge >= 0.3 is 21.2 Å². The van der Waals surface area contributed by atoms with E-state index >= 15 is 0 Å². The molecule has 0 unspecified atom stereocenters. The van der Waals surface area contributed by atoms with Crippen LogP contribution in [0, 0.1) is 24.3 Å². The lowest BCUT2D eigenvalue weighted by Gasteiger charge is -1.99. The van der Waals surface area contributed by atoms with E-state index in [2.05, 4.69) is 73.4 Å². The largest absolute Gasteiger partial charge is 0.350 e. The molecule has 0 saturated carbocycles. The van der Waals surface area contributed by atoms with Gasteiger partial charge in [-0.2, -0.15) is 0 Å². The van der Waals surface area contributed by atoms with Crippen molar-refractivity contribution in [1.29, 1.82) is 0 Å². The van der Waals surface area contributed by atoms with Crippen molar-refractivity contribution in [3.63, 3.8) is 0 Å². The lowest BCUT2D eigenvalue weighted by Crippen LogP contribution is -3.59. The summed E-state index contributed by atoms with van der Waals surface area (Å²) in [5, 5.41) is 0. The quantitative estimate of drug-likeness (QED) is 0.738. The van der Waals surface area contributed by atoms with Crippen molar-refractivity contribution in [2.75, 3.05) is 0 Å². The van der Waals surface area contributed by atoms with E-state index in [9.17, 15) is 0 Å². The van der Waals surface area contributed by atoms with Crippen molar-refractivity contribution in [3.05, 3.63) is 72.4 Å². The number of halogens is 1. The lowest BCUT2D eigenvalue weighted by atomic mass is 10.1. The van der Waals surface area contributed by atoms with Crippen LogP contribution >= 0.6 is 0 Å². The Morgan fingerprint density at radius 2 is 1.50 bits per heavy atom. The van der Waals surface area contributed by atoms with Gasteiger partial charge in [-0.05, 0) is 32.4 Å². The molecule has 0 aliphatic heterocycles. The molecule has 0 saturated heterocycles. The van der Waals surface area contributed by atoms with Crippen LogP contribution in [0.15, 0.2) is 46.5 Å². The fraction of sp³-hybridized carbons (Fsp3) is 0.176. The topological polar surface area (TPSA) is 0 Å². The molecule has 0 aliphatic carbocycles. The minimum absolute atomic E-state index is 0.0358. The Hall–Kier alpha value is -1.09. The molecule has 0 bridgehead atoms. The van der Waals surface area contributed by atoms with Gasteiger partial charge in [-0.1, -0.05) is 48.0 Å². The van der Waals surface area contributed by atoms with Crippen molar-refractivity contribution in [2.24, 2.45) is 0 Å². The number of aryl methyl sites for hydroxylation is 3. The number of hydrogen-bond acceptors (Lipinski definition) is 0. The van der Waals surface area contributed by atoms with Crippen molar-refractivity contribution in [1.82, 2.24) is 0 Å². The van der Waals surface area contributed by atoms with Crippen LogP contribution in [-0.2, 0) is 0 Å². The zero-order valence-electron chi connectivity index (χ0n) is 11.1. The maximum absolute atomic E-state index is 2.36. The third kappa shape index (κ3) is 3.45. The third-order valence-corrected chi connectivity index (χ3v) is 5.85. The monoisotopic (exact) mass is 349 g/mol. The predicted molar refractivity (Wildman–Crippen MR) is 74.8 cm³/mol. The first-order chi connectivity index (χ1) is 8.66. The first-order valence-corrected chi connectivity index (χ1v) is 8.42. The molecule has 0 heterocycles. The molecule has 92 valence electrons. The Bertz CT molecular complexity index is 530. The van der Waals surface area contributed by atoms with Crippen molar-refractivity contribution in [3.8, 4) is 0 Å². The van der Waals surface area contributed by atoms with Gasteiger partial charge in [0.1, 0.15) is 0 Å². The fourth-order valence-corrected chi connectivity index (χ4v) is 4.31. The zero-order valence-corrected chi connectivity index (χ0v) is 13.2. The molecular weight excluding hydrogens is 331 g/mol. The summed E-state index contributed by atoms with van der Waals surface area (Å²) >= 11 is -0.0358. The van der Waals surface area contributed by atoms with E-state index in [1.807, 2.05) is 0 Å². The molecule has 18 heavy (non-hydrogen) atoms. The summed E-state index contributed by atoms with van der Waals surface area (Å²) in [5.74, 6) is 0. The van der Waals surface area contributed by atoms with Crippen LogP contribution in [0.2, 0.25) is 0 Å². The third-order valence-electron chi connectivity index (χ3n) is 2.81. The zero-order chi connectivity index (χ0) is 13.0. The normalized spacial score (nSPS) is 11.1. The highest BCUT2D eigenvalue weighted by molar-refractivity contribution is 5.47. The molecule has 0 aliphatic rings. The van der Waals surface area contributed by atoms with Gasteiger partial charge in [0.25, 0.3) is 0 Å². The summed E-state index contributed by atoms with van der Waals surface area (Å²) in [6.07, 6.45) is 2.24. The predicted octanol–water partition coefficient (Wildman–Crippen LogP) is 1.54. The number of hydrogen-bond donors (Lipinski definition) is 0. The Kier molecular flexibility index (Phi) is 4.59. The molecule has 0 amide bonds. The molecule has 0 nitrogen and oxygen atoms in total. The number of rotatable bonds is 3. The van der Waals surface area contributed by atoms with Gasteiger partial charge in [0.05, 0.1) is 0 Å². The van der Waals surface area contributed by atoms with E-state index < -0.39 is 0 Å². The molecule has 0 atom stereocenters. The molecular formula is C17H18I+. The van der Waals surface area contributed by atoms with Crippen LogP contribution < -0.4 is 21.2 Å². The van der Waals surface area contributed by atoms with Crippen LogP contribution in [0.4, 0.5) is 0 Å². The summed E-state index contributed by atoms with van der Waals surface area (Å²) < 4.78 is 3.92. The van der Waals surface area contributed by atoms with Crippen LogP contribution in [0.25, 0.3) is 6.08 Å². The van der Waals surface area contributed by atoms with Crippen molar-refractivity contribution < 1.29 is 21.2 Å². The van der Waals surface area contributed by atoms with E-state index in [-0.39, 0.29) is 21.2 Å². The summed E-state index contributed by atoms with van der Waals surface area (Å²) in [6, 6.07) is 15.1. The molecule has 0 radical (unpaired) electrons. The van der Waals surface area contributed by atoms with Gasteiger partial charge in [-0.15, -0.1) is 0 Å². The van der Waals surface area contributed by atoms with Crippen molar-refractivity contribution in [2.45, 2.75) is 20.8 Å². The van der Waals surface area contributed by atoms with E-state index in [1.165, 1.54) is 22.3 Å². The van der Waals surface area contributed by atoms with Gasteiger partial charge in [-0.3, -0.25) is 0 Å². The second kappa shape index (κ2) is 6.19.